The highest BCUT2D eigenvalue weighted by Crippen LogP contribution is 2.22. The van der Waals surface area contributed by atoms with Crippen LogP contribution in [0.4, 0.5) is 11.4 Å². The Morgan fingerprint density at radius 2 is 1.83 bits per heavy atom. The number of carbonyl (C=O) groups excluding carboxylic acids is 1. The molecule has 0 radical (unpaired) electrons. The first-order valence-corrected chi connectivity index (χ1v) is 8.27. The molecule has 5 heteroatoms. The monoisotopic (exact) mass is 312 g/mol. The lowest BCUT2D eigenvalue weighted by atomic mass is 10.2. The van der Waals surface area contributed by atoms with Crippen LogP contribution in [0.1, 0.15) is 48.9 Å². The van der Waals surface area contributed by atoms with Gasteiger partial charge in [0.05, 0.1) is 0 Å². The number of benzene rings is 1. The zero-order valence-corrected chi connectivity index (χ0v) is 14.0. The first kappa shape index (κ1) is 15.6. The summed E-state index contributed by atoms with van der Waals surface area (Å²) >= 11 is 0. The van der Waals surface area contributed by atoms with E-state index in [1.807, 2.05) is 29.8 Å². The van der Waals surface area contributed by atoms with E-state index in [2.05, 4.69) is 41.3 Å². The van der Waals surface area contributed by atoms with E-state index < -0.39 is 0 Å². The standard InChI is InChI=1S/C18H24N4O/c1-13(2)22-14(3)12-17(20-22)18(23)19-15-6-8-16(9-7-15)21-10-4-5-11-21/h6-9,12-13H,4-5,10-11H2,1-3H3,(H,19,23). The molecule has 0 saturated carbocycles. The van der Waals surface area contributed by atoms with Crippen LogP contribution in [0.15, 0.2) is 30.3 Å². The van der Waals surface area contributed by atoms with Gasteiger partial charge in [-0.25, -0.2) is 0 Å². The minimum absolute atomic E-state index is 0.165. The second kappa shape index (κ2) is 6.44. The molecule has 1 aromatic carbocycles. The molecule has 1 amide bonds. The van der Waals surface area contributed by atoms with Gasteiger partial charge in [0, 0.05) is 36.2 Å². The SMILES string of the molecule is Cc1cc(C(=O)Nc2ccc(N3CCCC3)cc2)nn1C(C)C. The molecule has 0 atom stereocenters. The second-order valence-corrected chi connectivity index (χ2v) is 6.40. The predicted molar refractivity (Wildman–Crippen MR) is 93.2 cm³/mol. The lowest BCUT2D eigenvalue weighted by molar-refractivity contribution is 0.102. The molecular weight excluding hydrogens is 288 g/mol. The van der Waals surface area contributed by atoms with Gasteiger partial charge >= 0.3 is 0 Å². The molecule has 1 N–H and O–H groups in total. The van der Waals surface area contributed by atoms with Crippen LogP contribution in [0.25, 0.3) is 0 Å². The summed E-state index contributed by atoms with van der Waals surface area (Å²) in [6.45, 7) is 8.32. The zero-order valence-electron chi connectivity index (χ0n) is 14.0. The topological polar surface area (TPSA) is 50.2 Å². The number of anilines is 2. The second-order valence-electron chi connectivity index (χ2n) is 6.40. The number of carbonyl (C=O) groups is 1. The van der Waals surface area contributed by atoms with Crippen molar-refractivity contribution in [1.29, 1.82) is 0 Å². The van der Waals surface area contributed by atoms with E-state index in [4.69, 9.17) is 0 Å². The lowest BCUT2D eigenvalue weighted by Gasteiger charge is -2.17. The van der Waals surface area contributed by atoms with Gasteiger partial charge in [-0.15, -0.1) is 0 Å². The van der Waals surface area contributed by atoms with Gasteiger partial charge in [-0.3, -0.25) is 9.48 Å². The van der Waals surface area contributed by atoms with Crippen molar-refractivity contribution in [1.82, 2.24) is 9.78 Å². The average Bonchev–Trinajstić information content (AvgIpc) is 3.17. The first-order valence-electron chi connectivity index (χ1n) is 8.27. The van der Waals surface area contributed by atoms with Crippen LogP contribution < -0.4 is 10.2 Å². The maximum Gasteiger partial charge on any atom is 0.276 e. The largest absolute Gasteiger partial charge is 0.372 e. The first-order chi connectivity index (χ1) is 11.0. The predicted octanol–water partition coefficient (Wildman–Crippen LogP) is 3.62. The number of hydrogen-bond donors (Lipinski definition) is 1. The Morgan fingerprint density at radius 1 is 1.17 bits per heavy atom. The van der Waals surface area contributed by atoms with E-state index in [1.54, 1.807) is 0 Å². The number of rotatable bonds is 4. The Balaban J connectivity index is 1.68. The smallest absolute Gasteiger partial charge is 0.276 e. The summed E-state index contributed by atoms with van der Waals surface area (Å²) in [5, 5.41) is 7.30. The molecule has 1 fully saturated rings. The number of aromatic nitrogens is 2. The molecule has 2 aromatic rings. The quantitative estimate of drug-likeness (QED) is 0.938. The van der Waals surface area contributed by atoms with Crippen LogP contribution >= 0.6 is 0 Å². The molecule has 122 valence electrons. The third-order valence-corrected chi connectivity index (χ3v) is 4.24. The Hall–Kier alpha value is -2.30. The molecule has 3 rings (SSSR count). The summed E-state index contributed by atoms with van der Waals surface area (Å²) in [6.07, 6.45) is 2.52. The van der Waals surface area contributed by atoms with Crippen molar-refractivity contribution in [3.8, 4) is 0 Å². The van der Waals surface area contributed by atoms with Crippen LogP contribution in [-0.4, -0.2) is 28.8 Å². The molecule has 23 heavy (non-hydrogen) atoms. The molecule has 5 nitrogen and oxygen atoms in total. The minimum Gasteiger partial charge on any atom is -0.372 e. The number of nitrogens with zero attached hydrogens (tertiary/aromatic N) is 3. The molecule has 1 aliphatic heterocycles. The third kappa shape index (κ3) is 3.38. The summed E-state index contributed by atoms with van der Waals surface area (Å²) in [6, 6.07) is 10.1. The van der Waals surface area contributed by atoms with Gasteiger partial charge in [-0.2, -0.15) is 5.10 Å². The van der Waals surface area contributed by atoms with E-state index >= 15 is 0 Å². The molecule has 1 aromatic heterocycles. The van der Waals surface area contributed by atoms with Crippen LogP contribution in [0.5, 0.6) is 0 Å². The van der Waals surface area contributed by atoms with Crippen molar-refractivity contribution in [2.75, 3.05) is 23.3 Å². The Bertz CT molecular complexity index is 682. The van der Waals surface area contributed by atoms with Gasteiger partial charge in [0.25, 0.3) is 5.91 Å². The van der Waals surface area contributed by atoms with Crippen LogP contribution in [0.3, 0.4) is 0 Å². The minimum atomic E-state index is -0.165. The number of aryl methyl sites for hydroxylation is 1. The Morgan fingerprint density at radius 3 is 2.39 bits per heavy atom. The molecular formula is C18H24N4O. The number of nitrogens with one attached hydrogen (secondary N) is 1. The number of amides is 1. The lowest BCUT2D eigenvalue weighted by Crippen LogP contribution is -2.17. The van der Waals surface area contributed by atoms with Crippen LogP contribution in [0, 0.1) is 6.92 Å². The molecule has 2 heterocycles. The van der Waals surface area contributed by atoms with Gasteiger partial charge in [-0.05, 0) is 63.9 Å². The van der Waals surface area contributed by atoms with Crippen molar-refractivity contribution in [3.05, 3.63) is 41.7 Å². The molecule has 1 saturated heterocycles. The summed E-state index contributed by atoms with van der Waals surface area (Å²) in [7, 11) is 0. The van der Waals surface area contributed by atoms with E-state index in [-0.39, 0.29) is 11.9 Å². The third-order valence-electron chi connectivity index (χ3n) is 4.24. The summed E-state index contributed by atoms with van der Waals surface area (Å²) in [4.78, 5) is 14.7. The molecule has 0 aliphatic carbocycles. The normalized spacial score (nSPS) is 14.5. The van der Waals surface area contributed by atoms with E-state index in [1.165, 1.54) is 18.5 Å². The van der Waals surface area contributed by atoms with Crippen molar-refractivity contribution in [3.63, 3.8) is 0 Å². The van der Waals surface area contributed by atoms with Gasteiger partial charge in [0.15, 0.2) is 5.69 Å². The molecule has 1 aliphatic rings. The Labute approximate surface area is 137 Å². The fourth-order valence-electron chi connectivity index (χ4n) is 3.05. The maximum atomic E-state index is 12.3. The highest BCUT2D eigenvalue weighted by atomic mass is 16.1. The molecule has 0 spiro atoms. The summed E-state index contributed by atoms with van der Waals surface area (Å²) < 4.78 is 1.87. The highest BCUT2D eigenvalue weighted by molar-refractivity contribution is 6.03. The number of hydrogen-bond acceptors (Lipinski definition) is 3. The van der Waals surface area contributed by atoms with Crippen molar-refractivity contribution >= 4 is 17.3 Å². The van der Waals surface area contributed by atoms with Crippen molar-refractivity contribution in [2.45, 2.75) is 39.7 Å². The fraction of sp³-hybridized carbons (Fsp3) is 0.444. The fourth-order valence-corrected chi connectivity index (χ4v) is 3.05. The van der Waals surface area contributed by atoms with E-state index in [0.29, 0.717) is 5.69 Å². The van der Waals surface area contributed by atoms with Gasteiger partial charge < -0.3 is 10.2 Å². The van der Waals surface area contributed by atoms with Crippen molar-refractivity contribution in [2.24, 2.45) is 0 Å². The molecule has 0 bridgehead atoms. The highest BCUT2D eigenvalue weighted by Gasteiger charge is 2.15. The van der Waals surface area contributed by atoms with Gasteiger partial charge in [0.1, 0.15) is 0 Å². The van der Waals surface area contributed by atoms with Gasteiger partial charge in [-0.1, -0.05) is 0 Å². The maximum absolute atomic E-state index is 12.3. The average molecular weight is 312 g/mol. The summed E-state index contributed by atoms with van der Waals surface area (Å²) in [5.74, 6) is -0.165. The van der Waals surface area contributed by atoms with Crippen LogP contribution in [-0.2, 0) is 0 Å². The van der Waals surface area contributed by atoms with E-state index in [0.717, 1.165) is 24.5 Å². The van der Waals surface area contributed by atoms with Crippen LogP contribution in [0.2, 0.25) is 0 Å². The summed E-state index contributed by atoms with van der Waals surface area (Å²) in [5.41, 5.74) is 3.48. The van der Waals surface area contributed by atoms with Crippen molar-refractivity contribution < 1.29 is 4.79 Å². The Kier molecular flexibility index (Phi) is 4.37. The van der Waals surface area contributed by atoms with E-state index in [9.17, 15) is 4.79 Å². The van der Waals surface area contributed by atoms with Gasteiger partial charge in [0.2, 0.25) is 0 Å². The zero-order chi connectivity index (χ0) is 16.4. The molecule has 0 unspecified atom stereocenters.